The van der Waals surface area contributed by atoms with Gasteiger partial charge in [0.15, 0.2) is 0 Å². The lowest BCUT2D eigenvalue weighted by molar-refractivity contribution is 0.0235. The zero-order valence-corrected chi connectivity index (χ0v) is 20.1. The second-order valence-electron chi connectivity index (χ2n) is 9.10. The lowest BCUT2D eigenvalue weighted by Gasteiger charge is -2.28. The molecule has 1 aliphatic rings. The zero-order valence-electron chi connectivity index (χ0n) is 18.6. The molecule has 170 valence electrons. The summed E-state index contributed by atoms with van der Waals surface area (Å²) in [6.07, 6.45) is 1.62. The van der Waals surface area contributed by atoms with Gasteiger partial charge in [-0.05, 0) is 69.5 Å². The number of halogens is 2. The van der Waals surface area contributed by atoms with Gasteiger partial charge in [0.1, 0.15) is 5.60 Å². The normalized spacial score (nSPS) is 16.5. The number of fused-ring (bicyclic) bond motifs is 1. The lowest BCUT2D eigenvalue weighted by Crippen LogP contribution is -2.42. The fraction of sp³-hybridized carbons (Fsp3) is 0.417. The average Bonchev–Trinajstić information content (AvgIpc) is 3.33. The lowest BCUT2D eigenvalue weighted by atomic mass is 10.2. The van der Waals surface area contributed by atoms with Gasteiger partial charge in [-0.25, -0.2) is 9.78 Å². The van der Waals surface area contributed by atoms with Crippen molar-refractivity contribution in [2.45, 2.75) is 51.8 Å². The third-order valence-electron chi connectivity index (χ3n) is 5.49. The van der Waals surface area contributed by atoms with Crippen LogP contribution in [0.25, 0.3) is 11.0 Å². The molecule has 2 aromatic carbocycles. The highest BCUT2D eigenvalue weighted by Gasteiger charge is 2.32. The molecule has 1 fully saturated rings. The van der Waals surface area contributed by atoms with Crippen LogP contribution in [0.15, 0.2) is 42.5 Å². The number of para-hydroxylation sites is 2. The van der Waals surface area contributed by atoms with E-state index < -0.39 is 5.60 Å². The molecule has 1 saturated heterocycles. The summed E-state index contributed by atoms with van der Waals surface area (Å²) in [7, 11) is 0. The molecule has 0 aliphatic carbocycles. The molecule has 0 spiro atoms. The summed E-state index contributed by atoms with van der Waals surface area (Å²) >= 11 is 12.6. The Morgan fingerprint density at radius 3 is 2.78 bits per heavy atom. The molecule has 4 rings (SSSR count). The van der Waals surface area contributed by atoms with Crippen molar-refractivity contribution in [3.63, 3.8) is 0 Å². The number of benzene rings is 2. The number of ether oxygens (including phenoxy) is 1. The number of carbonyl (C=O) groups excluding carboxylic acids is 1. The van der Waals surface area contributed by atoms with Crippen LogP contribution in [-0.2, 0) is 11.3 Å². The van der Waals surface area contributed by atoms with Crippen molar-refractivity contribution in [2.75, 3.05) is 18.4 Å². The third kappa shape index (κ3) is 5.13. The van der Waals surface area contributed by atoms with Gasteiger partial charge in [0.2, 0.25) is 5.95 Å². The monoisotopic (exact) mass is 474 g/mol. The molecule has 1 aliphatic heterocycles. The first-order chi connectivity index (χ1) is 15.2. The van der Waals surface area contributed by atoms with E-state index in [0.717, 1.165) is 35.4 Å². The summed E-state index contributed by atoms with van der Waals surface area (Å²) in [5, 5.41) is 4.77. The maximum atomic E-state index is 12.6. The summed E-state index contributed by atoms with van der Waals surface area (Å²) in [6, 6.07) is 13.5. The van der Waals surface area contributed by atoms with E-state index in [-0.39, 0.29) is 12.1 Å². The number of likely N-dealkylation sites (tertiary alicyclic amines) is 1. The molecule has 0 bridgehead atoms. The van der Waals surface area contributed by atoms with Gasteiger partial charge < -0.3 is 19.5 Å². The van der Waals surface area contributed by atoms with Crippen LogP contribution in [0.3, 0.4) is 0 Å². The van der Waals surface area contributed by atoms with Crippen molar-refractivity contribution in [3.8, 4) is 0 Å². The van der Waals surface area contributed by atoms with Gasteiger partial charge in [0.05, 0.1) is 23.6 Å². The van der Waals surface area contributed by atoms with Gasteiger partial charge in [0, 0.05) is 23.1 Å². The number of hydrogen-bond donors (Lipinski definition) is 1. The van der Waals surface area contributed by atoms with Crippen LogP contribution in [-0.4, -0.2) is 45.3 Å². The fourth-order valence-electron chi connectivity index (χ4n) is 4.02. The summed E-state index contributed by atoms with van der Waals surface area (Å²) in [4.78, 5) is 19.2. The molecule has 1 amide bonds. The maximum absolute atomic E-state index is 12.6. The Morgan fingerprint density at radius 1 is 1.22 bits per heavy atom. The second kappa shape index (κ2) is 9.20. The largest absolute Gasteiger partial charge is 0.444 e. The molecule has 2 heterocycles. The predicted molar refractivity (Wildman–Crippen MR) is 130 cm³/mol. The molecule has 0 unspecified atom stereocenters. The number of amides is 1. The number of imidazole rings is 1. The molecule has 8 heteroatoms. The highest BCUT2D eigenvalue weighted by atomic mass is 35.5. The van der Waals surface area contributed by atoms with Gasteiger partial charge in [-0.2, -0.15) is 0 Å². The van der Waals surface area contributed by atoms with E-state index in [1.165, 1.54) is 0 Å². The topological polar surface area (TPSA) is 59.4 Å². The molecule has 1 aromatic heterocycles. The van der Waals surface area contributed by atoms with Crippen molar-refractivity contribution < 1.29 is 9.53 Å². The minimum atomic E-state index is -0.512. The summed E-state index contributed by atoms with van der Waals surface area (Å²) in [5.41, 5.74) is 2.30. The Labute approximate surface area is 198 Å². The Bertz CT molecular complexity index is 1120. The number of anilines is 1. The van der Waals surface area contributed by atoms with Crippen LogP contribution < -0.4 is 5.32 Å². The van der Waals surface area contributed by atoms with Crippen molar-refractivity contribution >= 4 is 46.3 Å². The van der Waals surface area contributed by atoms with Crippen LogP contribution in [0.4, 0.5) is 10.7 Å². The zero-order chi connectivity index (χ0) is 22.9. The number of aromatic nitrogens is 2. The number of carbonyl (C=O) groups is 1. The summed E-state index contributed by atoms with van der Waals surface area (Å²) in [5.74, 6) is 0.735. The van der Waals surface area contributed by atoms with Crippen LogP contribution in [0.2, 0.25) is 10.0 Å². The SMILES string of the molecule is CC(C)(C)OC(=O)N1CCC[C@H]1CNc1nc2ccccc2n1Cc1cc(Cl)ccc1Cl. The van der Waals surface area contributed by atoms with E-state index in [4.69, 9.17) is 32.9 Å². The van der Waals surface area contributed by atoms with Crippen molar-refractivity contribution in [1.29, 1.82) is 0 Å². The quantitative estimate of drug-likeness (QED) is 0.477. The first kappa shape index (κ1) is 22.7. The predicted octanol–water partition coefficient (Wildman–Crippen LogP) is 6.20. The smallest absolute Gasteiger partial charge is 0.410 e. The van der Waals surface area contributed by atoms with E-state index in [2.05, 4.69) is 9.88 Å². The number of nitrogens with one attached hydrogen (secondary N) is 1. The molecular weight excluding hydrogens is 447 g/mol. The molecule has 6 nitrogen and oxygen atoms in total. The van der Waals surface area contributed by atoms with Crippen LogP contribution >= 0.6 is 23.2 Å². The standard InChI is InChI=1S/C24H28Cl2N4O2/c1-24(2,3)32-23(31)29-12-6-7-18(29)14-27-22-28-20-8-4-5-9-21(20)30(22)15-16-13-17(25)10-11-19(16)26/h4-5,8-11,13,18H,6-7,12,14-15H2,1-3H3,(H,27,28)/t18-/m0/s1. The molecule has 1 N–H and O–H groups in total. The van der Waals surface area contributed by atoms with Crippen molar-refractivity contribution in [1.82, 2.24) is 14.5 Å². The highest BCUT2D eigenvalue weighted by Crippen LogP contribution is 2.27. The Morgan fingerprint density at radius 2 is 2.00 bits per heavy atom. The van der Waals surface area contributed by atoms with E-state index in [1.807, 2.05) is 62.1 Å². The van der Waals surface area contributed by atoms with E-state index >= 15 is 0 Å². The average molecular weight is 475 g/mol. The van der Waals surface area contributed by atoms with E-state index in [9.17, 15) is 4.79 Å². The van der Waals surface area contributed by atoms with Gasteiger partial charge in [-0.15, -0.1) is 0 Å². The molecule has 0 saturated carbocycles. The molecule has 0 radical (unpaired) electrons. The first-order valence-corrected chi connectivity index (χ1v) is 11.6. The van der Waals surface area contributed by atoms with Crippen LogP contribution in [0.5, 0.6) is 0 Å². The fourth-order valence-corrected chi connectivity index (χ4v) is 4.40. The van der Waals surface area contributed by atoms with Gasteiger partial charge in [-0.1, -0.05) is 35.3 Å². The summed E-state index contributed by atoms with van der Waals surface area (Å²) in [6.45, 7) is 7.48. The van der Waals surface area contributed by atoms with E-state index in [1.54, 1.807) is 6.07 Å². The number of hydrogen-bond acceptors (Lipinski definition) is 4. The minimum Gasteiger partial charge on any atom is -0.444 e. The molecule has 32 heavy (non-hydrogen) atoms. The van der Waals surface area contributed by atoms with Gasteiger partial charge in [0.25, 0.3) is 0 Å². The Hall–Kier alpha value is -2.44. The molecule has 3 aromatic rings. The van der Waals surface area contributed by atoms with Crippen molar-refractivity contribution in [2.24, 2.45) is 0 Å². The van der Waals surface area contributed by atoms with Gasteiger partial charge in [-0.3, -0.25) is 0 Å². The van der Waals surface area contributed by atoms with Crippen LogP contribution in [0, 0.1) is 0 Å². The van der Waals surface area contributed by atoms with E-state index in [0.29, 0.717) is 29.7 Å². The Kier molecular flexibility index (Phi) is 6.54. The second-order valence-corrected chi connectivity index (χ2v) is 9.94. The Balaban J connectivity index is 1.56. The first-order valence-electron chi connectivity index (χ1n) is 10.8. The van der Waals surface area contributed by atoms with Crippen LogP contribution in [0.1, 0.15) is 39.2 Å². The van der Waals surface area contributed by atoms with Gasteiger partial charge >= 0.3 is 6.09 Å². The highest BCUT2D eigenvalue weighted by molar-refractivity contribution is 6.33. The number of nitrogens with zero attached hydrogens (tertiary/aromatic N) is 3. The maximum Gasteiger partial charge on any atom is 0.410 e. The molecular formula is C24H28Cl2N4O2. The minimum absolute atomic E-state index is 0.0490. The number of rotatable bonds is 5. The van der Waals surface area contributed by atoms with Crippen molar-refractivity contribution in [3.05, 3.63) is 58.1 Å². The summed E-state index contributed by atoms with van der Waals surface area (Å²) < 4.78 is 7.69. The molecule has 1 atom stereocenters. The third-order valence-corrected chi connectivity index (χ3v) is 6.10.